The Hall–Kier alpha value is -2.71. The third kappa shape index (κ3) is 3.93. The van der Waals surface area contributed by atoms with Gasteiger partial charge in [0.2, 0.25) is 17.4 Å². The molecule has 124 valence electrons. The number of ether oxygens (including phenoxy) is 1. The number of aryl methyl sites for hydroxylation is 1. The van der Waals surface area contributed by atoms with E-state index in [4.69, 9.17) is 9.26 Å². The zero-order valence-corrected chi connectivity index (χ0v) is 13.3. The van der Waals surface area contributed by atoms with E-state index in [0.717, 1.165) is 11.0 Å². The molecule has 2 aromatic rings. The quantitative estimate of drug-likeness (QED) is 0.786. The van der Waals surface area contributed by atoms with E-state index in [-0.39, 0.29) is 24.0 Å². The molecule has 0 bridgehead atoms. The first kappa shape index (κ1) is 16.7. The number of hydrogen-bond donors (Lipinski definition) is 1. The molecule has 2 rings (SSSR count). The third-order valence-electron chi connectivity index (χ3n) is 3.02. The molecule has 0 aliphatic heterocycles. The number of aromatic amines is 1. The van der Waals surface area contributed by atoms with Crippen LogP contribution in [0.5, 0.6) is 5.88 Å². The number of nitrogens with one attached hydrogen (secondary N) is 1. The highest BCUT2D eigenvalue weighted by atomic mass is 16.5. The summed E-state index contributed by atoms with van der Waals surface area (Å²) < 4.78 is 11.3. The number of H-pyrrole nitrogens is 1. The number of hydrogen-bond acceptors (Lipinski definition) is 7. The maximum absolute atomic E-state index is 12.5. The van der Waals surface area contributed by atoms with E-state index in [1.807, 2.05) is 6.92 Å². The van der Waals surface area contributed by atoms with Crippen LogP contribution in [0.4, 0.5) is 11.5 Å². The van der Waals surface area contributed by atoms with Gasteiger partial charge in [-0.2, -0.15) is 0 Å². The lowest BCUT2D eigenvalue weighted by molar-refractivity contribution is 0.323. The van der Waals surface area contributed by atoms with Crippen molar-refractivity contribution in [1.29, 1.82) is 0 Å². The Morgan fingerprint density at radius 1 is 1.35 bits per heavy atom. The van der Waals surface area contributed by atoms with E-state index in [0.29, 0.717) is 18.7 Å². The van der Waals surface area contributed by atoms with E-state index >= 15 is 0 Å². The van der Waals surface area contributed by atoms with Crippen molar-refractivity contribution >= 4 is 11.5 Å². The van der Waals surface area contributed by atoms with Crippen LogP contribution >= 0.6 is 0 Å². The molecule has 0 aromatic carbocycles. The number of azo groups is 1. The monoisotopic (exact) mass is 321 g/mol. The van der Waals surface area contributed by atoms with Crippen LogP contribution in [0.25, 0.3) is 0 Å². The molecule has 0 saturated heterocycles. The molecule has 0 amide bonds. The zero-order chi connectivity index (χ0) is 16.8. The minimum Gasteiger partial charge on any atom is -0.477 e. The Morgan fingerprint density at radius 2 is 2.13 bits per heavy atom. The van der Waals surface area contributed by atoms with Crippen molar-refractivity contribution in [3.05, 3.63) is 32.7 Å². The van der Waals surface area contributed by atoms with E-state index in [1.54, 1.807) is 19.9 Å². The normalized spacial score (nSPS) is 11.3. The summed E-state index contributed by atoms with van der Waals surface area (Å²) >= 11 is 0. The number of aromatic nitrogens is 3. The lowest BCUT2D eigenvalue weighted by Crippen LogP contribution is -2.35. The van der Waals surface area contributed by atoms with Gasteiger partial charge in [0.05, 0.1) is 6.61 Å². The fourth-order valence-corrected chi connectivity index (χ4v) is 1.90. The van der Waals surface area contributed by atoms with Crippen molar-refractivity contribution in [3.8, 4) is 5.88 Å². The highest BCUT2D eigenvalue weighted by molar-refractivity contribution is 5.44. The lowest BCUT2D eigenvalue weighted by Gasteiger charge is -2.08. The minimum absolute atomic E-state index is 0.000727. The van der Waals surface area contributed by atoms with Gasteiger partial charge in [0.25, 0.3) is 5.56 Å². The van der Waals surface area contributed by atoms with E-state index < -0.39 is 11.2 Å². The first-order valence-electron chi connectivity index (χ1n) is 7.41. The van der Waals surface area contributed by atoms with Crippen LogP contribution in [0.15, 0.2) is 30.4 Å². The maximum Gasteiger partial charge on any atom is 0.331 e. The molecule has 0 fully saturated rings. The summed E-state index contributed by atoms with van der Waals surface area (Å²) in [5, 5.41) is 11.4. The lowest BCUT2D eigenvalue weighted by atomic mass is 10.3. The minimum atomic E-state index is -0.547. The molecule has 9 heteroatoms. The summed E-state index contributed by atoms with van der Waals surface area (Å²) in [6.07, 6.45) is 1.56. The Kier molecular flexibility index (Phi) is 5.45. The summed E-state index contributed by atoms with van der Waals surface area (Å²) in [4.78, 5) is 27.0. The van der Waals surface area contributed by atoms with Crippen LogP contribution in [-0.2, 0) is 6.54 Å². The molecule has 2 heterocycles. The Balaban J connectivity index is 2.47. The SMILES string of the molecule is CCCCn1c(=O)[nH]c(OCC)c(/N=N/c2cc(C)on2)c1=O. The summed E-state index contributed by atoms with van der Waals surface area (Å²) in [6.45, 7) is 6.02. The number of rotatable bonds is 7. The second kappa shape index (κ2) is 7.52. The van der Waals surface area contributed by atoms with Gasteiger partial charge in [-0.3, -0.25) is 14.3 Å². The van der Waals surface area contributed by atoms with Crippen molar-refractivity contribution < 1.29 is 9.26 Å². The van der Waals surface area contributed by atoms with Crippen LogP contribution in [0.1, 0.15) is 32.4 Å². The standard InChI is InChI=1S/C14H19N5O4/c1-4-6-7-19-13(20)11(12(22-5-2)15-14(19)21)17-16-10-8-9(3)23-18-10/h8H,4-7H2,1-3H3,(H,15,21)/b17-16+. The fourth-order valence-electron chi connectivity index (χ4n) is 1.90. The zero-order valence-electron chi connectivity index (χ0n) is 13.3. The third-order valence-corrected chi connectivity index (χ3v) is 3.02. The highest BCUT2D eigenvalue weighted by Crippen LogP contribution is 2.22. The molecule has 23 heavy (non-hydrogen) atoms. The van der Waals surface area contributed by atoms with Crippen LogP contribution in [0.3, 0.4) is 0 Å². The Morgan fingerprint density at radius 3 is 2.74 bits per heavy atom. The smallest absolute Gasteiger partial charge is 0.331 e. The highest BCUT2D eigenvalue weighted by Gasteiger charge is 2.15. The molecule has 0 aliphatic carbocycles. The van der Waals surface area contributed by atoms with Gasteiger partial charge < -0.3 is 9.26 Å². The molecular weight excluding hydrogens is 302 g/mol. The summed E-state index contributed by atoms with van der Waals surface area (Å²) in [6, 6.07) is 1.57. The van der Waals surface area contributed by atoms with Crippen LogP contribution < -0.4 is 16.0 Å². The van der Waals surface area contributed by atoms with E-state index in [9.17, 15) is 9.59 Å². The average Bonchev–Trinajstić information content (AvgIpc) is 2.92. The van der Waals surface area contributed by atoms with Gasteiger partial charge in [-0.05, 0) is 20.3 Å². The first-order valence-corrected chi connectivity index (χ1v) is 7.41. The summed E-state index contributed by atoms with van der Waals surface area (Å²) in [5.41, 5.74) is -1.14. The van der Waals surface area contributed by atoms with Gasteiger partial charge in [0.15, 0.2) is 0 Å². The van der Waals surface area contributed by atoms with E-state index in [1.165, 1.54) is 0 Å². The van der Waals surface area contributed by atoms with Gasteiger partial charge in [-0.15, -0.1) is 10.2 Å². The number of nitrogens with zero attached hydrogens (tertiary/aromatic N) is 4. The fraction of sp³-hybridized carbons (Fsp3) is 0.500. The molecule has 2 aromatic heterocycles. The van der Waals surface area contributed by atoms with Gasteiger partial charge >= 0.3 is 5.69 Å². The van der Waals surface area contributed by atoms with Gasteiger partial charge in [0.1, 0.15) is 5.76 Å². The predicted molar refractivity (Wildman–Crippen MR) is 82.8 cm³/mol. The topological polar surface area (TPSA) is 115 Å². The second-order valence-electron chi connectivity index (χ2n) is 4.85. The molecule has 0 aliphatic rings. The van der Waals surface area contributed by atoms with Gasteiger partial charge in [-0.25, -0.2) is 4.79 Å². The van der Waals surface area contributed by atoms with Crippen molar-refractivity contribution in [2.75, 3.05) is 6.61 Å². The average molecular weight is 321 g/mol. The van der Waals surface area contributed by atoms with Crippen molar-refractivity contribution in [2.45, 2.75) is 40.2 Å². The molecular formula is C14H19N5O4. The number of unbranched alkanes of at least 4 members (excludes halogenated alkanes) is 1. The summed E-state index contributed by atoms with van der Waals surface area (Å²) in [5.74, 6) is 0.806. The predicted octanol–water partition coefficient (Wildman–Crippen LogP) is 2.45. The maximum atomic E-state index is 12.5. The van der Waals surface area contributed by atoms with Crippen LogP contribution in [-0.4, -0.2) is 21.3 Å². The second-order valence-corrected chi connectivity index (χ2v) is 4.85. The Labute approximate surface area is 132 Å². The molecule has 0 radical (unpaired) electrons. The Bertz CT molecular complexity index is 802. The van der Waals surface area contributed by atoms with Crippen molar-refractivity contribution in [3.63, 3.8) is 0 Å². The van der Waals surface area contributed by atoms with Crippen LogP contribution in [0, 0.1) is 6.92 Å². The van der Waals surface area contributed by atoms with Gasteiger partial charge in [-0.1, -0.05) is 18.5 Å². The largest absolute Gasteiger partial charge is 0.477 e. The molecule has 1 N–H and O–H groups in total. The molecule has 0 unspecified atom stereocenters. The molecule has 0 spiro atoms. The molecule has 0 saturated carbocycles. The first-order chi connectivity index (χ1) is 11.1. The molecule has 0 atom stereocenters. The van der Waals surface area contributed by atoms with Crippen molar-refractivity contribution in [2.24, 2.45) is 10.2 Å². The van der Waals surface area contributed by atoms with Crippen molar-refractivity contribution in [1.82, 2.24) is 14.7 Å². The molecule has 9 nitrogen and oxygen atoms in total. The summed E-state index contributed by atoms with van der Waals surface area (Å²) in [7, 11) is 0. The van der Waals surface area contributed by atoms with E-state index in [2.05, 4.69) is 20.4 Å². The van der Waals surface area contributed by atoms with Crippen LogP contribution in [0.2, 0.25) is 0 Å². The van der Waals surface area contributed by atoms with Gasteiger partial charge in [0, 0.05) is 12.6 Å².